The van der Waals surface area contributed by atoms with Gasteiger partial charge in [-0.15, -0.1) is 0 Å². The third-order valence-electron chi connectivity index (χ3n) is 3.39. The van der Waals surface area contributed by atoms with E-state index in [0.29, 0.717) is 0 Å². The maximum Gasteiger partial charge on any atom is -0.00138 e. The van der Waals surface area contributed by atoms with Crippen LogP contribution in [0.3, 0.4) is 0 Å². The number of benzene rings is 1. The third kappa shape index (κ3) is 2.03. The number of hydrogen-bond acceptors (Lipinski definition) is 0. The van der Waals surface area contributed by atoms with Crippen LogP contribution in [-0.4, -0.2) is 0 Å². The normalized spacial score (nSPS) is 25.5. The third-order valence-corrected chi connectivity index (χ3v) is 3.39. The molecule has 0 heterocycles. The van der Waals surface area contributed by atoms with Crippen molar-refractivity contribution in [3.05, 3.63) is 70.3 Å². The highest BCUT2D eigenvalue weighted by atomic mass is 14.2. The lowest BCUT2D eigenvalue weighted by Gasteiger charge is -2.16. The van der Waals surface area contributed by atoms with E-state index in [0.717, 1.165) is 12.8 Å². The Labute approximate surface area is 103 Å². The first kappa shape index (κ1) is 10.3. The Bertz CT molecular complexity index is 566. The van der Waals surface area contributed by atoms with Gasteiger partial charge >= 0.3 is 0 Å². The maximum atomic E-state index is 2.30. The van der Waals surface area contributed by atoms with Gasteiger partial charge in [-0.05, 0) is 42.0 Å². The largest absolute Gasteiger partial charge is 0.0801 e. The molecular weight excluding hydrogens is 204 g/mol. The lowest BCUT2D eigenvalue weighted by atomic mass is 9.88. The van der Waals surface area contributed by atoms with E-state index in [4.69, 9.17) is 0 Å². The molecule has 0 spiro atoms. The van der Waals surface area contributed by atoms with Gasteiger partial charge in [-0.3, -0.25) is 0 Å². The van der Waals surface area contributed by atoms with Crippen LogP contribution in [0.4, 0.5) is 0 Å². The molecule has 84 valence electrons. The van der Waals surface area contributed by atoms with Gasteiger partial charge in [0.25, 0.3) is 0 Å². The van der Waals surface area contributed by atoms with E-state index in [2.05, 4.69) is 61.6 Å². The molecule has 2 bridgehead atoms. The lowest BCUT2D eigenvalue weighted by Crippen LogP contribution is -2.00. The van der Waals surface area contributed by atoms with E-state index in [1.54, 1.807) is 0 Å². The van der Waals surface area contributed by atoms with E-state index in [-0.39, 0.29) is 0 Å². The first-order valence-electron chi connectivity index (χ1n) is 6.17. The number of rotatable bonds is 0. The Kier molecular flexibility index (Phi) is 2.56. The van der Waals surface area contributed by atoms with Crippen molar-refractivity contribution in [2.24, 2.45) is 0 Å². The van der Waals surface area contributed by atoms with E-state index < -0.39 is 0 Å². The highest BCUT2D eigenvalue weighted by Gasteiger charge is 2.11. The summed E-state index contributed by atoms with van der Waals surface area (Å²) < 4.78 is 0. The predicted octanol–water partition coefficient (Wildman–Crippen LogP) is 4.55. The molecule has 0 radical (unpaired) electrons. The van der Waals surface area contributed by atoms with Crippen molar-refractivity contribution in [2.75, 3.05) is 0 Å². The molecule has 0 nitrogen and oxygen atoms in total. The van der Waals surface area contributed by atoms with E-state index >= 15 is 0 Å². The minimum atomic E-state index is 1.02. The van der Waals surface area contributed by atoms with Gasteiger partial charge in [0.05, 0.1) is 0 Å². The molecule has 17 heavy (non-hydrogen) atoms. The monoisotopic (exact) mass is 220 g/mol. The van der Waals surface area contributed by atoms with Crippen LogP contribution < -0.4 is 0 Å². The summed E-state index contributed by atoms with van der Waals surface area (Å²) in [6, 6.07) is 6.56. The Morgan fingerprint density at radius 2 is 1.82 bits per heavy atom. The molecular formula is C17H16. The van der Waals surface area contributed by atoms with Crippen molar-refractivity contribution in [2.45, 2.75) is 19.8 Å². The molecule has 0 aromatic heterocycles. The molecule has 0 saturated heterocycles. The first-order chi connectivity index (χ1) is 8.33. The number of fused-ring (bicyclic) bond motifs is 1. The van der Waals surface area contributed by atoms with Crippen LogP contribution in [0.2, 0.25) is 0 Å². The molecule has 0 unspecified atom stereocenters. The standard InChI is InChI=1S/C17H16/c1-13-5-2-3-6-15-7-4-8-16-10-9-14(11-13)12-17(15)16/h3-11H,2,12H2,1H3/b6-3-,13-5-,14-11-. The van der Waals surface area contributed by atoms with Crippen LogP contribution in [0.15, 0.2) is 53.6 Å². The Hall–Kier alpha value is -1.82. The van der Waals surface area contributed by atoms with Crippen LogP contribution in [0.25, 0.3) is 12.2 Å². The molecule has 1 aromatic carbocycles. The lowest BCUT2D eigenvalue weighted by molar-refractivity contribution is 1.15. The maximum absolute atomic E-state index is 2.30. The fourth-order valence-electron chi connectivity index (χ4n) is 2.50. The smallest absolute Gasteiger partial charge is 0.00138 e. The molecule has 3 rings (SSSR count). The van der Waals surface area contributed by atoms with Crippen LogP contribution in [0.5, 0.6) is 0 Å². The molecule has 0 N–H and O–H groups in total. The van der Waals surface area contributed by atoms with Crippen molar-refractivity contribution >= 4 is 12.2 Å². The Balaban J connectivity index is 2.19. The summed E-state index contributed by atoms with van der Waals surface area (Å²) in [5.74, 6) is 0. The van der Waals surface area contributed by atoms with Gasteiger partial charge in [-0.2, -0.15) is 0 Å². The van der Waals surface area contributed by atoms with Gasteiger partial charge in [-0.25, -0.2) is 0 Å². The predicted molar refractivity (Wildman–Crippen MR) is 74.7 cm³/mol. The minimum absolute atomic E-state index is 1.02. The quantitative estimate of drug-likeness (QED) is 0.602. The highest BCUT2D eigenvalue weighted by molar-refractivity contribution is 5.69. The molecule has 0 atom stereocenters. The molecule has 2 aliphatic rings. The van der Waals surface area contributed by atoms with Crippen molar-refractivity contribution in [1.82, 2.24) is 0 Å². The zero-order valence-corrected chi connectivity index (χ0v) is 10.1. The van der Waals surface area contributed by atoms with Gasteiger partial charge < -0.3 is 0 Å². The van der Waals surface area contributed by atoms with E-state index in [9.17, 15) is 0 Å². The van der Waals surface area contributed by atoms with Gasteiger partial charge in [-0.1, -0.05) is 60.2 Å². The van der Waals surface area contributed by atoms with Gasteiger partial charge in [0.1, 0.15) is 0 Å². The average molecular weight is 220 g/mol. The summed E-state index contributed by atoms with van der Waals surface area (Å²) in [6.07, 6.45) is 15.6. The highest BCUT2D eigenvalue weighted by Crippen LogP contribution is 2.28. The molecule has 0 aliphatic heterocycles. The van der Waals surface area contributed by atoms with Gasteiger partial charge in [0.2, 0.25) is 0 Å². The number of hydrogen-bond donors (Lipinski definition) is 0. The SMILES string of the molecule is CC1=C/C/C=C\c2cccc3c2C/C(=C\1)C=C3. The van der Waals surface area contributed by atoms with Gasteiger partial charge in [0.15, 0.2) is 0 Å². The van der Waals surface area contributed by atoms with Crippen LogP contribution in [-0.2, 0) is 6.42 Å². The Morgan fingerprint density at radius 3 is 2.71 bits per heavy atom. The molecule has 0 heteroatoms. The summed E-state index contributed by atoms with van der Waals surface area (Å²) in [7, 11) is 0. The molecule has 0 saturated carbocycles. The summed E-state index contributed by atoms with van der Waals surface area (Å²) in [5, 5.41) is 0. The summed E-state index contributed by atoms with van der Waals surface area (Å²) in [4.78, 5) is 0. The summed E-state index contributed by atoms with van der Waals surface area (Å²) in [5.41, 5.74) is 6.97. The second-order valence-corrected chi connectivity index (χ2v) is 4.73. The summed E-state index contributed by atoms with van der Waals surface area (Å²) >= 11 is 0. The zero-order chi connectivity index (χ0) is 11.7. The fraction of sp³-hybridized carbons (Fsp3) is 0.176. The van der Waals surface area contributed by atoms with E-state index in [1.807, 2.05) is 0 Å². The molecule has 1 aromatic rings. The zero-order valence-electron chi connectivity index (χ0n) is 10.1. The fourth-order valence-corrected chi connectivity index (χ4v) is 2.50. The summed E-state index contributed by atoms with van der Waals surface area (Å²) in [6.45, 7) is 2.18. The van der Waals surface area contributed by atoms with Gasteiger partial charge in [0, 0.05) is 0 Å². The number of allylic oxidation sites excluding steroid dienone is 6. The molecule has 0 fully saturated rings. The Morgan fingerprint density at radius 1 is 1.00 bits per heavy atom. The second-order valence-electron chi connectivity index (χ2n) is 4.73. The average Bonchev–Trinajstić information content (AvgIpc) is 2.35. The van der Waals surface area contributed by atoms with Crippen LogP contribution >= 0.6 is 0 Å². The second kappa shape index (κ2) is 4.21. The van der Waals surface area contributed by atoms with E-state index in [1.165, 1.54) is 27.8 Å². The van der Waals surface area contributed by atoms with Crippen LogP contribution in [0, 0.1) is 0 Å². The minimum Gasteiger partial charge on any atom is -0.0801 e. The molecule has 2 aliphatic carbocycles. The molecule has 0 amide bonds. The van der Waals surface area contributed by atoms with Crippen molar-refractivity contribution in [1.29, 1.82) is 0 Å². The van der Waals surface area contributed by atoms with Crippen LogP contribution in [0.1, 0.15) is 30.0 Å². The topological polar surface area (TPSA) is 0 Å². The first-order valence-corrected chi connectivity index (χ1v) is 6.17. The van der Waals surface area contributed by atoms with Crippen molar-refractivity contribution in [3.63, 3.8) is 0 Å². The van der Waals surface area contributed by atoms with Crippen molar-refractivity contribution in [3.8, 4) is 0 Å². The van der Waals surface area contributed by atoms with Crippen molar-refractivity contribution < 1.29 is 0 Å².